The van der Waals surface area contributed by atoms with Crippen LogP contribution >= 0.6 is 0 Å². The molecule has 1 aliphatic rings. The Morgan fingerprint density at radius 2 is 2.38 bits per heavy atom. The summed E-state index contributed by atoms with van der Waals surface area (Å²) in [6.45, 7) is 0. The van der Waals surface area contributed by atoms with Gasteiger partial charge in [0.2, 0.25) is 0 Å². The number of hydrogen-bond acceptors (Lipinski definition) is 3. The molecule has 3 nitrogen and oxygen atoms in total. The molecule has 3 heteroatoms. The van der Waals surface area contributed by atoms with Crippen LogP contribution in [0.4, 0.5) is 5.69 Å². The van der Waals surface area contributed by atoms with Gasteiger partial charge in [0.25, 0.3) is 0 Å². The standard InChI is InChI=1S/C13H17NO2/c1-16-12(15)8-10-6-2-4-9-5-3-7-11(14)13(9)10/h3,5,7,10H,2,4,6,8,14H2,1H3. The van der Waals surface area contributed by atoms with Crippen molar-refractivity contribution in [3.63, 3.8) is 0 Å². The van der Waals surface area contributed by atoms with Crippen LogP contribution in [0, 0.1) is 0 Å². The van der Waals surface area contributed by atoms with Gasteiger partial charge in [-0.25, -0.2) is 0 Å². The molecule has 0 saturated carbocycles. The molecule has 1 aromatic rings. The number of carbonyl (C=O) groups is 1. The minimum absolute atomic E-state index is 0.152. The number of hydrogen-bond donors (Lipinski definition) is 1. The molecule has 0 heterocycles. The second-order valence-electron chi connectivity index (χ2n) is 4.29. The van der Waals surface area contributed by atoms with Crippen molar-refractivity contribution >= 4 is 11.7 Å². The Labute approximate surface area is 95.6 Å². The summed E-state index contributed by atoms with van der Waals surface area (Å²) in [5.74, 6) is 0.0819. The van der Waals surface area contributed by atoms with Gasteiger partial charge < -0.3 is 10.5 Å². The van der Waals surface area contributed by atoms with E-state index in [1.807, 2.05) is 12.1 Å². The first-order chi connectivity index (χ1) is 7.72. The summed E-state index contributed by atoms with van der Waals surface area (Å²) in [5.41, 5.74) is 9.27. The molecule has 0 radical (unpaired) electrons. The van der Waals surface area contributed by atoms with Gasteiger partial charge in [0.05, 0.1) is 13.5 Å². The second-order valence-corrected chi connectivity index (χ2v) is 4.29. The molecule has 16 heavy (non-hydrogen) atoms. The average molecular weight is 219 g/mol. The molecule has 0 amide bonds. The third kappa shape index (κ3) is 2.03. The molecular weight excluding hydrogens is 202 g/mol. The highest BCUT2D eigenvalue weighted by atomic mass is 16.5. The zero-order valence-corrected chi connectivity index (χ0v) is 9.53. The van der Waals surface area contributed by atoms with Crippen molar-refractivity contribution in [1.29, 1.82) is 0 Å². The molecular formula is C13H17NO2. The fourth-order valence-corrected chi connectivity index (χ4v) is 2.52. The van der Waals surface area contributed by atoms with Crippen molar-refractivity contribution in [2.75, 3.05) is 12.8 Å². The number of anilines is 1. The van der Waals surface area contributed by atoms with Gasteiger partial charge in [-0.3, -0.25) is 4.79 Å². The molecule has 0 bridgehead atoms. The first-order valence-corrected chi connectivity index (χ1v) is 5.66. The number of aryl methyl sites for hydroxylation is 1. The first kappa shape index (κ1) is 11.0. The number of fused-ring (bicyclic) bond motifs is 1. The van der Waals surface area contributed by atoms with E-state index in [4.69, 9.17) is 10.5 Å². The van der Waals surface area contributed by atoms with Gasteiger partial charge in [0, 0.05) is 5.69 Å². The van der Waals surface area contributed by atoms with Crippen molar-refractivity contribution in [3.8, 4) is 0 Å². The molecule has 1 unspecified atom stereocenters. The van der Waals surface area contributed by atoms with E-state index in [0.29, 0.717) is 6.42 Å². The van der Waals surface area contributed by atoms with Crippen molar-refractivity contribution in [3.05, 3.63) is 29.3 Å². The molecule has 0 aromatic heterocycles. The Morgan fingerprint density at radius 3 is 3.12 bits per heavy atom. The number of carbonyl (C=O) groups excluding carboxylic acids is 1. The number of esters is 1. The summed E-state index contributed by atoms with van der Waals surface area (Å²) in [4.78, 5) is 11.3. The lowest BCUT2D eigenvalue weighted by molar-refractivity contribution is -0.141. The second kappa shape index (κ2) is 4.56. The third-order valence-electron chi connectivity index (χ3n) is 3.28. The van der Waals surface area contributed by atoms with E-state index >= 15 is 0 Å². The number of methoxy groups -OCH3 is 1. The largest absolute Gasteiger partial charge is 0.469 e. The molecule has 0 fully saturated rings. The van der Waals surface area contributed by atoms with Gasteiger partial charge in [0.15, 0.2) is 0 Å². The van der Waals surface area contributed by atoms with Crippen LogP contribution in [0.3, 0.4) is 0 Å². The molecule has 2 N–H and O–H groups in total. The van der Waals surface area contributed by atoms with Gasteiger partial charge in [-0.2, -0.15) is 0 Å². The van der Waals surface area contributed by atoms with E-state index in [9.17, 15) is 4.79 Å². The fraction of sp³-hybridized carbons (Fsp3) is 0.462. The van der Waals surface area contributed by atoms with Gasteiger partial charge in [-0.05, 0) is 42.4 Å². The summed E-state index contributed by atoms with van der Waals surface area (Å²) in [6.07, 6.45) is 3.66. The number of rotatable bonds is 2. The van der Waals surface area contributed by atoms with Crippen molar-refractivity contribution in [1.82, 2.24) is 0 Å². The van der Waals surface area contributed by atoms with Gasteiger partial charge in [-0.1, -0.05) is 12.1 Å². The molecule has 0 spiro atoms. The van der Waals surface area contributed by atoms with Crippen LogP contribution in [0.1, 0.15) is 36.3 Å². The molecule has 1 atom stereocenters. The van der Waals surface area contributed by atoms with E-state index < -0.39 is 0 Å². The van der Waals surface area contributed by atoms with Crippen LogP contribution in [-0.4, -0.2) is 13.1 Å². The minimum Gasteiger partial charge on any atom is -0.469 e. The lowest BCUT2D eigenvalue weighted by atomic mass is 9.80. The van der Waals surface area contributed by atoms with Crippen LogP contribution in [0.25, 0.3) is 0 Å². The summed E-state index contributed by atoms with van der Waals surface area (Å²) < 4.78 is 4.73. The monoisotopic (exact) mass is 219 g/mol. The third-order valence-corrected chi connectivity index (χ3v) is 3.28. The lowest BCUT2D eigenvalue weighted by Crippen LogP contribution is -2.16. The van der Waals surface area contributed by atoms with E-state index in [1.165, 1.54) is 18.2 Å². The number of benzene rings is 1. The Balaban J connectivity index is 2.28. The number of nitrogens with two attached hydrogens (primary N) is 1. The van der Waals surface area contributed by atoms with Crippen LogP contribution in [0.2, 0.25) is 0 Å². The normalized spacial score (nSPS) is 18.9. The van der Waals surface area contributed by atoms with Gasteiger partial charge in [-0.15, -0.1) is 0 Å². The Kier molecular flexibility index (Phi) is 3.13. The molecule has 0 aliphatic heterocycles. The van der Waals surface area contributed by atoms with E-state index in [0.717, 1.165) is 24.9 Å². The van der Waals surface area contributed by atoms with Crippen LogP contribution in [0.15, 0.2) is 18.2 Å². The fourth-order valence-electron chi connectivity index (χ4n) is 2.52. The predicted octanol–water partition coefficient (Wildman–Crippen LogP) is 2.25. The molecule has 1 aliphatic carbocycles. The molecule has 2 rings (SSSR count). The summed E-state index contributed by atoms with van der Waals surface area (Å²) in [6, 6.07) is 6.00. The first-order valence-electron chi connectivity index (χ1n) is 5.66. The summed E-state index contributed by atoms with van der Waals surface area (Å²) in [7, 11) is 1.43. The maximum absolute atomic E-state index is 11.3. The van der Waals surface area contributed by atoms with Crippen LogP contribution in [0.5, 0.6) is 0 Å². The highest BCUT2D eigenvalue weighted by Gasteiger charge is 2.24. The minimum atomic E-state index is -0.152. The van der Waals surface area contributed by atoms with Crippen molar-refractivity contribution in [2.24, 2.45) is 0 Å². The molecule has 0 saturated heterocycles. The highest BCUT2D eigenvalue weighted by Crippen LogP contribution is 2.37. The lowest BCUT2D eigenvalue weighted by Gasteiger charge is -2.26. The van der Waals surface area contributed by atoms with Crippen LogP contribution in [-0.2, 0) is 16.0 Å². The smallest absolute Gasteiger partial charge is 0.306 e. The number of nitrogen functional groups attached to an aromatic ring is 1. The summed E-state index contributed by atoms with van der Waals surface area (Å²) in [5, 5.41) is 0. The Bertz CT molecular complexity index is 401. The van der Waals surface area contributed by atoms with E-state index in [2.05, 4.69) is 6.07 Å². The van der Waals surface area contributed by atoms with Gasteiger partial charge >= 0.3 is 5.97 Å². The predicted molar refractivity (Wildman–Crippen MR) is 63.2 cm³/mol. The maximum atomic E-state index is 11.3. The number of ether oxygens (including phenoxy) is 1. The van der Waals surface area contributed by atoms with E-state index in [-0.39, 0.29) is 11.9 Å². The van der Waals surface area contributed by atoms with Crippen molar-refractivity contribution < 1.29 is 9.53 Å². The quantitative estimate of drug-likeness (QED) is 0.613. The maximum Gasteiger partial charge on any atom is 0.306 e. The Morgan fingerprint density at radius 1 is 1.56 bits per heavy atom. The summed E-state index contributed by atoms with van der Waals surface area (Å²) >= 11 is 0. The van der Waals surface area contributed by atoms with Crippen molar-refractivity contribution in [2.45, 2.75) is 31.6 Å². The highest BCUT2D eigenvalue weighted by molar-refractivity contribution is 5.71. The SMILES string of the molecule is COC(=O)CC1CCCc2cccc(N)c21. The van der Waals surface area contributed by atoms with Gasteiger partial charge in [0.1, 0.15) is 0 Å². The van der Waals surface area contributed by atoms with E-state index in [1.54, 1.807) is 0 Å². The zero-order chi connectivity index (χ0) is 11.5. The zero-order valence-electron chi connectivity index (χ0n) is 9.53. The Hall–Kier alpha value is -1.51. The average Bonchev–Trinajstić information content (AvgIpc) is 2.29. The van der Waals surface area contributed by atoms with Crippen LogP contribution < -0.4 is 5.73 Å². The topological polar surface area (TPSA) is 52.3 Å². The molecule has 1 aromatic carbocycles. The molecule has 86 valence electrons.